The van der Waals surface area contributed by atoms with Crippen molar-refractivity contribution < 1.29 is 18.3 Å². The molecule has 0 saturated heterocycles. The highest BCUT2D eigenvalue weighted by Crippen LogP contribution is 2.28. The summed E-state index contributed by atoms with van der Waals surface area (Å²) >= 11 is 0. The maximum absolute atomic E-state index is 14.2. The number of hydrogen-bond donors (Lipinski definition) is 0. The van der Waals surface area contributed by atoms with E-state index in [1.165, 1.54) is 11.6 Å². The lowest BCUT2D eigenvalue weighted by molar-refractivity contribution is 0.118. The second kappa shape index (κ2) is 9.72. The van der Waals surface area contributed by atoms with Crippen LogP contribution < -0.4 is 4.74 Å². The van der Waals surface area contributed by atoms with Crippen molar-refractivity contribution in [3.63, 3.8) is 0 Å². The third kappa shape index (κ3) is 4.92. The van der Waals surface area contributed by atoms with Crippen LogP contribution in [0.3, 0.4) is 0 Å². The van der Waals surface area contributed by atoms with Gasteiger partial charge in [0.2, 0.25) is 5.82 Å². The van der Waals surface area contributed by atoms with Gasteiger partial charge in [-0.2, -0.15) is 4.39 Å². The number of rotatable bonds is 8. The molecular formula is C24H28F2O2. The lowest BCUT2D eigenvalue weighted by atomic mass is 9.95. The van der Waals surface area contributed by atoms with Crippen LogP contribution in [0.15, 0.2) is 42.7 Å². The van der Waals surface area contributed by atoms with Crippen molar-refractivity contribution in [1.82, 2.24) is 0 Å². The molecule has 4 heteroatoms. The van der Waals surface area contributed by atoms with Gasteiger partial charge in [-0.25, -0.2) is 4.39 Å². The average molecular weight is 386 g/mol. The molecule has 0 bridgehead atoms. The Kier molecular flexibility index (Phi) is 7.07. The number of halogens is 2. The molecule has 0 fully saturated rings. The molecule has 2 aromatic rings. The van der Waals surface area contributed by atoms with Gasteiger partial charge in [-0.15, -0.1) is 0 Å². The van der Waals surface area contributed by atoms with Gasteiger partial charge in [0.1, 0.15) is 0 Å². The van der Waals surface area contributed by atoms with Crippen LogP contribution in [0.1, 0.15) is 56.2 Å². The summed E-state index contributed by atoms with van der Waals surface area (Å²) in [6.45, 7) is 4.23. The highest BCUT2D eigenvalue weighted by atomic mass is 19.2. The summed E-state index contributed by atoms with van der Waals surface area (Å²) < 4.78 is 39.1. The van der Waals surface area contributed by atoms with E-state index in [0.717, 1.165) is 36.8 Å². The fraction of sp³-hybridized carbons (Fsp3) is 0.417. The molecule has 1 atom stereocenters. The van der Waals surface area contributed by atoms with Gasteiger partial charge in [-0.05, 0) is 67.4 Å². The van der Waals surface area contributed by atoms with Crippen molar-refractivity contribution in [3.05, 3.63) is 71.0 Å². The minimum Gasteiger partial charge on any atom is -0.498 e. The quantitative estimate of drug-likeness (QED) is 0.518. The number of ether oxygens (including phenoxy) is 2. The molecule has 0 aromatic heterocycles. The Morgan fingerprint density at radius 3 is 2.43 bits per heavy atom. The predicted octanol–water partition coefficient (Wildman–Crippen LogP) is 6.47. The molecule has 0 spiro atoms. The lowest BCUT2D eigenvalue weighted by Crippen LogP contribution is -2.13. The largest absolute Gasteiger partial charge is 0.498 e. The Morgan fingerprint density at radius 2 is 1.79 bits per heavy atom. The highest BCUT2D eigenvalue weighted by Gasteiger charge is 2.16. The first-order valence-corrected chi connectivity index (χ1v) is 10.2. The van der Waals surface area contributed by atoms with Crippen LogP contribution in [-0.4, -0.2) is 12.7 Å². The van der Waals surface area contributed by atoms with E-state index in [1.807, 2.05) is 6.26 Å². The van der Waals surface area contributed by atoms with E-state index in [4.69, 9.17) is 9.47 Å². The van der Waals surface area contributed by atoms with Crippen LogP contribution in [0.25, 0.3) is 5.57 Å². The summed E-state index contributed by atoms with van der Waals surface area (Å²) in [5.41, 5.74) is 3.85. The molecule has 0 aliphatic carbocycles. The average Bonchev–Trinajstić information content (AvgIpc) is 2.72. The van der Waals surface area contributed by atoms with Gasteiger partial charge < -0.3 is 9.47 Å². The van der Waals surface area contributed by atoms with Gasteiger partial charge in [-0.1, -0.05) is 43.7 Å². The molecule has 1 unspecified atom stereocenters. The fourth-order valence-corrected chi connectivity index (χ4v) is 3.56. The monoisotopic (exact) mass is 386 g/mol. The van der Waals surface area contributed by atoms with Gasteiger partial charge >= 0.3 is 0 Å². The van der Waals surface area contributed by atoms with E-state index in [-0.39, 0.29) is 5.75 Å². The van der Waals surface area contributed by atoms with Crippen LogP contribution in [0.5, 0.6) is 5.75 Å². The van der Waals surface area contributed by atoms with E-state index < -0.39 is 11.6 Å². The second-order valence-electron chi connectivity index (χ2n) is 7.21. The number of allylic oxidation sites excluding steroid dienone is 1. The molecule has 150 valence electrons. The number of aryl methyl sites for hydroxylation is 2. The van der Waals surface area contributed by atoms with Crippen molar-refractivity contribution >= 4 is 5.57 Å². The summed E-state index contributed by atoms with van der Waals surface area (Å²) in [6, 6.07) is 11.4. The smallest absolute Gasteiger partial charge is 0.200 e. The van der Waals surface area contributed by atoms with Gasteiger partial charge in [0, 0.05) is 0 Å². The SMILES string of the molecule is CCCC1CCC(c2ccc(CCc3ccc(OCC)c(F)c3F)cc2)=CO1. The van der Waals surface area contributed by atoms with Crippen molar-refractivity contribution in [3.8, 4) is 5.75 Å². The molecule has 1 aliphatic rings. The topological polar surface area (TPSA) is 18.5 Å². The normalized spacial score (nSPS) is 16.4. The maximum atomic E-state index is 14.2. The van der Waals surface area contributed by atoms with Gasteiger partial charge in [0.15, 0.2) is 11.6 Å². The van der Waals surface area contributed by atoms with Crippen LogP contribution in [0, 0.1) is 11.6 Å². The zero-order valence-corrected chi connectivity index (χ0v) is 16.6. The Labute approximate surface area is 166 Å². The predicted molar refractivity (Wildman–Crippen MR) is 108 cm³/mol. The first kappa shape index (κ1) is 20.4. The van der Waals surface area contributed by atoms with E-state index in [1.54, 1.807) is 13.0 Å². The van der Waals surface area contributed by atoms with Crippen molar-refractivity contribution in [2.45, 2.75) is 58.5 Å². The van der Waals surface area contributed by atoms with Gasteiger partial charge in [0.05, 0.1) is 19.0 Å². The fourth-order valence-electron chi connectivity index (χ4n) is 3.56. The Balaban J connectivity index is 1.60. The first-order chi connectivity index (χ1) is 13.6. The molecule has 2 aromatic carbocycles. The molecule has 0 radical (unpaired) electrons. The third-order valence-corrected chi connectivity index (χ3v) is 5.18. The van der Waals surface area contributed by atoms with Crippen LogP contribution in [-0.2, 0) is 17.6 Å². The standard InChI is InChI=1S/C24H28F2O2/c1-3-5-21-14-12-20(16-28-21)18-9-6-17(7-10-18)8-11-19-13-15-22(27-4-2)24(26)23(19)25/h6-7,9-10,13,15-16,21H,3-5,8,11-12,14H2,1-2H3. The number of benzene rings is 2. The highest BCUT2D eigenvalue weighted by molar-refractivity contribution is 5.65. The van der Waals surface area contributed by atoms with Crippen molar-refractivity contribution in [2.75, 3.05) is 6.61 Å². The summed E-state index contributed by atoms with van der Waals surface area (Å²) in [7, 11) is 0. The zero-order valence-electron chi connectivity index (χ0n) is 16.6. The molecule has 0 N–H and O–H groups in total. The van der Waals surface area contributed by atoms with Crippen molar-refractivity contribution in [1.29, 1.82) is 0 Å². The van der Waals surface area contributed by atoms with E-state index >= 15 is 0 Å². The van der Waals surface area contributed by atoms with E-state index in [0.29, 0.717) is 31.1 Å². The van der Waals surface area contributed by atoms with Crippen molar-refractivity contribution in [2.24, 2.45) is 0 Å². The molecular weight excluding hydrogens is 358 g/mol. The van der Waals surface area contributed by atoms with Crippen LogP contribution in [0.2, 0.25) is 0 Å². The van der Waals surface area contributed by atoms with Gasteiger partial charge in [-0.3, -0.25) is 0 Å². The Morgan fingerprint density at radius 1 is 1.00 bits per heavy atom. The third-order valence-electron chi connectivity index (χ3n) is 5.18. The summed E-state index contributed by atoms with van der Waals surface area (Å²) in [5.74, 6) is -1.74. The zero-order chi connectivity index (χ0) is 19.9. The van der Waals surface area contributed by atoms with Crippen LogP contribution >= 0.6 is 0 Å². The summed E-state index contributed by atoms with van der Waals surface area (Å²) in [4.78, 5) is 0. The van der Waals surface area contributed by atoms with Gasteiger partial charge in [0.25, 0.3) is 0 Å². The molecule has 2 nitrogen and oxygen atoms in total. The minimum absolute atomic E-state index is 0.0303. The molecule has 0 saturated carbocycles. The second-order valence-corrected chi connectivity index (χ2v) is 7.21. The summed E-state index contributed by atoms with van der Waals surface area (Å²) in [6.07, 6.45) is 7.67. The molecule has 28 heavy (non-hydrogen) atoms. The molecule has 0 amide bonds. The number of hydrogen-bond acceptors (Lipinski definition) is 2. The van der Waals surface area contributed by atoms with E-state index in [2.05, 4.69) is 31.2 Å². The lowest BCUT2D eigenvalue weighted by Gasteiger charge is -2.23. The van der Waals surface area contributed by atoms with Crippen LogP contribution in [0.4, 0.5) is 8.78 Å². The first-order valence-electron chi connectivity index (χ1n) is 10.2. The van der Waals surface area contributed by atoms with E-state index in [9.17, 15) is 8.78 Å². The molecule has 1 aliphatic heterocycles. The Hall–Kier alpha value is -2.36. The maximum Gasteiger partial charge on any atom is 0.200 e. The summed E-state index contributed by atoms with van der Waals surface area (Å²) in [5, 5.41) is 0. The minimum atomic E-state index is -0.902. The Bertz CT molecular complexity index is 812. The molecule has 3 rings (SSSR count). The molecule has 1 heterocycles.